The van der Waals surface area contributed by atoms with Gasteiger partial charge in [0, 0.05) is 17.7 Å². The zero-order valence-corrected chi connectivity index (χ0v) is 9.21. The Balaban J connectivity index is 2.41. The smallest absolute Gasteiger partial charge is 0.134 e. The minimum Gasteiger partial charge on any atom is -0.326 e. The number of rotatable bonds is 2. The Hall–Kier alpha value is -1.45. The van der Waals surface area contributed by atoms with E-state index in [-0.39, 0.29) is 5.82 Å². The molecule has 0 bridgehead atoms. The van der Waals surface area contributed by atoms with E-state index in [0.29, 0.717) is 17.4 Å². The molecule has 0 radical (unpaired) electrons. The Kier molecular flexibility index (Phi) is 3.17. The summed E-state index contributed by atoms with van der Waals surface area (Å²) in [6, 6.07) is 9.76. The van der Waals surface area contributed by atoms with E-state index < -0.39 is 0 Å². The number of nitrogens with zero attached hydrogens (tertiary/aromatic N) is 1. The number of hydrogen-bond acceptors (Lipinski definition) is 2. The molecule has 0 aliphatic carbocycles. The van der Waals surface area contributed by atoms with Gasteiger partial charge in [0.1, 0.15) is 11.0 Å². The predicted molar refractivity (Wildman–Crippen MR) is 62.5 cm³/mol. The average molecular weight is 237 g/mol. The molecule has 0 saturated heterocycles. The summed E-state index contributed by atoms with van der Waals surface area (Å²) >= 11 is 5.95. The largest absolute Gasteiger partial charge is 0.326 e. The second kappa shape index (κ2) is 4.60. The van der Waals surface area contributed by atoms with Gasteiger partial charge in [-0.2, -0.15) is 0 Å². The summed E-state index contributed by atoms with van der Waals surface area (Å²) < 4.78 is 12.7. The molecule has 2 nitrogen and oxygen atoms in total. The quantitative estimate of drug-likeness (QED) is 0.815. The Bertz CT molecular complexity index is 497. The molecule has 1 heterocycles. The highest BCUT2D eigenvalue weighted by Gasteiger charge is 2.04. The molecule has 0 aliphatic rings. The number of nitrogens with two attached hydrogens (primary N) is 1. The molecule has 2 rings (SSSR count). The molecule has 4 heteroatoms. The van der Waals surface area contributed by atoms with Crippen LogP contribution in [0.1, 0.15) is 5.56 Å². The van der Waals surface area contributed by atoms with Crippen molar-refractivity contribution in [1.29, 1.82) is 0 Å². The zero-order chi connectivity index (χ0) is 11.5. The minimum absolute atomic E-state index is 0.270. The number of pyridine rings is 1. The second-order valence-corrected chi connectivity index (χ2v) is 3.72. The van der Waals surface area contributed by atoms with Gasteiger partial charge in [0.25, 0.3) is 0 Å². The molecule has 1 aromatic heterocycles. The Morgan fingerprint density at radius 2 is 1.81 bits per heavy atom. The SMILES string of the molecule is NCc1ccc(-c2ccc(F)cc2)nc1Cl. The maximum absolute atomic E-state index is 12.7. The maximum atomic E-state index is 12.7. The van der Waals surface area contributed by atoms with Gasteiger partial charge in [0.05, 0.1) is 5.69 Å². The van der Waals surface area contributed by atoms with Crippen molar-refractivity contribution in [2.24, 2.45) is 5.73 Å². The summed E-state index contributed by atoms with van der Waals surface area (Å²) in [5, 5.41) is 0.393. The lowest BCUT2D eigenvalue weighted by Gasteiger charge is -2.04. The number of hydrogen-bond donors (Lipinski definition) is 1. The number of halogens is 2. The zero-order valence-electron chi connectivity index (χ0n) is 8.45. The summed E-state index contributed by atoms with van der Waals surface area (Å²) in [6.07, 6.45) is 0. The van der Waals surface area contributed by atoms with Crippen LogP contribution in [0, 0.1) is 5.82 Å². The van der Waals surface area contributed by atoms with E-state index >= 15 is 0 Å². The first kappa shape index (κ1) is 11.0. The summed E-state index contributed by atoms with van der Waals surface area (Å²) in [6.45, 7) is 0.357. The van der Waals surface area contributed by atoms with Crippen LogP contribution in [0.2, 0.25) is 5.15 Å². The van der Waals surface area contributed by atoms with Gasteiger partial charge in [-0.1, -0.05) is 17.7 Å². The first-order valence-electron chi connectivity index (χ1n) is 4.82. The van der Waals surface area contributed by atoms with Crippen LogP contribution in [-0.2, 0) is 6.54 Å². The monoisotopic (exact) mass is 236 g/mol. The summed E-state index contributed by atoms with van der Waals surface area (Å²) in [7, 11) is 0. The summed E-state index contributed by atoms with van der Waals surface area (Å²) in [5.41, 5.74) is 7.82. The van der Waals surface area contributed by atoms with Gasteiger partial charge in [0.15, 0.2) is 0 Å². The molecule has 0 saturated carbocycles. The fourth-order valence-corrected chi connectivity index (χ4v) is 1.63. The lowest BCUT2D eigenvalue weighted by atomic mass is 10.1. The van der Waals surface area contributed by atoms with Crippen molar-refractivity contribution in [2.45, 2.75) is 6.54 Å². The van der Waals surface area contributed by atoms with Gasteiger partial charge in [0.2, 0.25) is 0 Å². The van der Waals surface area contributed by atoms with E-state index in [0.717, 1.165) is 11.1 Å². The average Bonchev–Trinajstić information content (AvgIpc) is 2.30. The third kappa shape index (κ3) is 2.21. The molecule has 82 valence electrons. The molecular weight excluding hydrogens is 227 g/mol. The van der Waals surface area contributed by atoms with E-state index in [4.69, 9.17) is 17.3 Å². The topological polar surface area (TPSA) is 38.9 Å². The van der Waals surface area contributed by atoms with Gasteiger partial charge < -0.3 is 5.73 Å². The molecule has 0 aliphatic heterocycles. The van der Waals surface area contributed by atoms with Crippen molar-refractivity contribution in [3.8, 4) is 11.3 Å². The predicted octanol–water partition coefficient (Wildman–Crippen LogP) is 3.00. The molecule has 2 aromatic rings. The van der Waals surface area contributed by atoms with E-state index in [1.54, 1.807) is 12.1 Å². The Morgan fingerprint density at radius 1 is 1.12 bits per heavy atom. The molecule has 0 atom stereocenters. The number of aromatic nitrogens is 1. The molecule has 2 N–H and O–H groups in total. The summed E-state index contributed by atoms with van der Waals surface area (Å²) in [5.74, 6) is -0.270. The van der Waals surface area contributed by atoms with E-state index in [1.165, 1.54) is 12.1 Å². The fourth-order valence-electron chi connectivity index (χ4n) is 1.40. The van der Waals surface area contributed by atoms with Crippen LogP contribution in [-0.4, -0.2) is 4.98 Å². The molecule has 1 aromatic carbocycles. The van der Waals surface area contributed by atoms with Crippen LogP contribution in [0.15, 0.2) is 36.4 Å². The second-order valence-electron chi connectivity index (χ2n) is 3.36. The van der Waals surface area contributed by atoms with Crippen molar-refractivity contribution in [3.05, 3.63) is 52.9 Å². The first-order valence-corrected chi connectivity index (χ1v) is 5.20. The van der Waals surface area contributed by atoms with E-state index in [1.807, 2.05) is 12.1 Å². The highest BCUT2D eigenvalue weighted by Crippen LogP contribution is 2.21. The minimum atomic E-state index is -0.270. The molecular formula is C12H10ClFN2. The highest BCUT2D eigenvalue weighted by atomic mass is 35.5. The van der Waals surface area contributed by atoms with Crippen molar-refractivity contribution in [2.75, 3.05) is 0 Å². The molecule has 0 unspecified atom stereocenters. The fraction of sp³-hybridized carbons (Fsp3) is 0.0833. The van der Waals surface area contributed by atoms with Gasteiger partial charge in [-0.25, -0.2) is 9.37 Å². The van der Waals surface area contributed by atoms with Gasteiger partial charge in [-0.3, -0.25) is 0 Å². The van der Waals surface area contributed by atoms with Crippen molar-refractivity contribution in [3.63, 3.8) is 0 Å². The van der Waals surface area contributed by atoms with Crippen LogP contribution >= 0.6 is 11.6 Å². The van der Waals surface area contributed by atoms with Crippen molar-refractivity contribution in [1.82, 2.24) is 4.98 Å². The lowest BCUT2D eigenvalue weighted by molar-refractivity contribution is 0.628. The van der Waals surface area contributed by atoms with Crippen LogP contribution < -0.4 is 5.73 Å². The molecule has 0 amide bonds. The third-order valence-electron chi connectivity index (χ3n) is 2.29. The van der Waals surface area contributed by atoms with E-state index in [9.17, 15) is 4.39 Å². The van der Waals surface area contributed by atoms with Crippen molar-refractivity contribution < 1.29 is 4.39 Å². The maximum Gasteiger partial charge on any atom is 0.134 e. The highest BCUT2D eigenvalue weighted by molar-refractivity contribution is 6.30. The lowest BCUT2D eigenvalue weighted by Crippen LogP contribution is -1.99. The van der Waals surface area contributed by atoms with Crippen LogP contribution in [0.5, 0.6) is 0 Å². The first-order chi connectivity index (χ1) is 7.70. The van der Waals surface area contributed by atoms with Gasteiger partial charge in [-0.05, 0) is 30.3 Å². The van der Waals surface area contributed by atoms with Crippen LogP contribution in [0.25, 0.3) is 11.3 Å². The van der Waals surface area contributed by atoms with E-state index in [2.05, 4.69) is 4.98 Å². The standard InChI is InChI=1S/C12H10ClFN2/c13-12-9(7-15)3-6-11(16-12)8-1-4-10(14)5-2-8/h1-6H,7,15H2. The van der Waals surface area contributed by atoms with Crippen LogP contribution in [0.3, 0.4) is 0 Å². The molecule has 0 spiro atoms. The Morgan fingerprint density at radius 3 is 2.38 bits per heavy atom. The normalized spacial score (nSPS) is 10.4. The molecule has 0 fully saturated rings. The summed E-state index contributed by atoms with van der Waals surface area (Å²) in [4.78, 5) is 4.21. The number of benzene rings is 1. The van der Waals surface area contributed by atoms with Crippen molar-refractivity contribution >= 4 is 11.6 Å². The Labute approximate surface area is 97.9 Å². The van der Waals surface area contributed by atoms with Gasteiger partial charge in [-0.15, -0.1) is 0 Å². The van der Waals surface area contributed by atoms with Crippen LogP contribution in [0.4, 0.5) is 4.39 Å². The molecule has 16 heavy (non-hydrogen) atoms. The third-order valence-corrected chi connectivity index (χ3v) is 2.61. The van der Waals surface area contributed by atoms with Gasteiger partial charge >= 0.3 is 0 Å².